The van der Waals surface area contributed by atoms with E-state index in [0.29, 0.717) is 5.92 Å². The van der Waals surface area contributed by atoms with Crippen LogP contribution in [-0.2, 0) is 5.41 Å². The Morgan fingerprint density at radius 2 is 1.45 bits per heavy atom. The van der Waals surface area contributed by atoms with Gasteiger partial charge in [-0.2, -0.15) is 0 Å². The Morgan fingerprint density at radius 3 is 2.30 bits per heavy atom. The first-order chi connectivity index (χ1) is 19.6. The van der Waals surface area contributed by atoms with Crippen molar-refractivity contribution in [2.45, 2.75) is 57.3 Å². The molecule has 2 aliphatic rings. The molecule has 2 aromatic heterocycles. The lowest BCUT2D eigenvalue weighted by molar-refractivity contribution is 0.443. The molecule has 2 nitrogen and oxygen atoms in total. The number of hydrogen-bond acceptors (Lipinski definition) is 1. The van der Waals surface area contributed by atoms with Crippen LogP contribution in [0.15, 0.2) is 103 Å². The largest absolute Gasteiger partial charge is 0.309 e. The van der Waals surface area contributed by atoms with Crippen LogP contribution < -0.4 is 0 Å². The molecule has 0 unspecified atom stereocenters. The van der Waals surface area contributed by atoms with Crippen molar-refractivity contribution in [2.75, 3.05) is 0 Å². The third-order valence-electron chi connectivity index (χ3n) is 9.63. The lowest BCUT2D eigenvalue weighted by Gasteiger charge is -2.35. The van der Waals surface area contributed by atoms with E-state index in [2.05, 4.69) is 122 Å². The summed E-state index contributed by atoms with van der Waals surface area (Å²) in [7, 11) is 0. The predicted octanol–water partition coefficient (Wildman–Crippen LogP) is 10.2. The van der Waals surface area contributed by atoms with Gasteiger partial charge in [-0.15, -0.1) is 0 Å². The summed E-state index contributed by atoms with van der Waals surface area (Å²) < 4.78 is 2.48. The van der Waals surface area contributed by atoms with E-state index in [1.54, 1.807) is 0 Å². The predicted molar refractivity (Wildman–Crippen MR) is 167 cm³/mol. The highest BCUT2D eigenvalue weighted by Gasteiger charge is 2.35. The first kappa shape index (κ1) is 23.7. The summed E-state index contributed by atoms with van der Waals surface area (Å²) >= 11 is 0. The van der Waals surface area contributed by atoms with Gasteiger partial charge in [0.2, 0.25) is 0 Å². The van der Waals surface area contributed by atoms with Gasteiger partial charge >= 0.3 is 0 Å². The van der Waals surface area contributed by atoms with Crippen LogP contribution in [0.4, 0.5) is 0 Å². The van der Waals surface area contributed by atoms with Crippen molar-refractivity contribution < 1.29 is 0 Å². The fourth-order valence-electron chi connectivity index (χ4n) is 7.44. The van der Waals surface area contributed by atoms with Gasteiger partial charge in [0.15, 0.2) is 0 Å². The van der Waals surface area contributed by atoms with Crippen LogP contribution in [0.1, 0.15) is 68.6 Å². The Morgan fingerprint density at radius 1 is 0.675 bits per heavy atom. The average Bonchev–Trinajstić information content (AvgIpc) is 3.35. The maximum atomic E-state index is 4.92. The molecule has 0 bridgehead atoms. The first-order valence-corrected chi connectivity index (χ1v) is 14.8. The van der Waals surface area contributed by atoms with Gasteiger partial charge in [0.1, 0.15) is 0 Å². The number of para-hydroxylation sites is 2. The van der Waals surface area contributed by atoms with Gasteiger partial charge < -0.3 is 4.57 Å². The molecule has 2 heteroatoms. The number of fused-ring (bicyclic) bond motifs is 5. The zero-order valence-corrected chi connectivity index (χ0v) is 23.3. The van der Waals surface area contributed by atoms with Gasteiger partial charge in [-0.3, -0.25) is 4.98 Å². The summed E-state index contributed by atoms with van der Waals surface area (Å²) in [4.78, 5) is 4.92. The van der Waals surface area contributed by atoms with E-state index in [9.17, 15) is 0 Å². The molecule has 40 heavy (non-hydrogen) atoms. The number of benzene rings is 4. The Bertz CT molecular complexity index is 1900. The zero-order chi connectivity index (χ0) is 26.8. The summed E-state index contributed by atoms with van der Waals surface area (Å²) in [5, 5.41) is 2.66. The van der Waals surface area contributed by atoms with Crippen LogP contribution in [0.2, 0.25) is 0 Å². The Kier molecular flexibility index (Phi) is 5.29. The van der Waals surface area contributed by atoms with E-state index >= 15 is 0 Å². The molecule has 0 saturated heterocycles. The molecule has 6 aromatic rings. The van der Waals surface area contributed by atoms with E-state index in [4.69, 9.17) is 4.98 Å². The van der Waals surface area contributed by atoms with Gasteiger partial charge in [0, 0.05) is 27.9 Å². The van der Waals surface area contributed by atoms with Crippen molar-refractivity contribution in [2.24, 2.45) is 0 Å². The number of aromatic nitrogens is 2. The maximum Gasteiger partial charge on any atom is 0.0702 e. The highest BCUT2D eigenvalue weighted by Crippen LogP contribution is 2.48. The minimum atomic E-state index is -0.108. The quantitative estimate of drug-likeness (QED) is 0.228. The van der Waals surface area contributed by atoms with Gasteiger partial charge in [0.25, 0.3) is 0 Å². The van der Waals surface area contributed by atoms with E-state index in [0.717, 1.165) is 5.69 Å². The van der Waals surface area contributed by atoms with Gasteiger partial charge in [0.05, 0.1) is 22.4 Å². The monoisotopic (exact) mass is 518 g/mol. The van der Waals surface area contributed by atoms with E-state index in [-0.39, 0.29) is 5.41 Å². The first-order valence-electron chi connectivity index (χ1n) is 14.8. The van der Waals surface area contributed by atoms with Crippen LogP contribution in [0, 0.1) is 0 Å². The molecule has 8 rings (SSSR count). The molecular formula is C38H34N2. The fourth-order valence-corrected chi connectivity index (χ4v) is 7.44. The van der Waals surface area contributed by atoms with Crippen LogP contribution in [0.25, 0.3) is 49.9 Å². The van der Waals surface area contributed by atoms with Gasteiger partial charge in [-0.25, -0.2) is 0 Å². The smallest absolute Gasteiger partial charge is 0.0702 e. The average molecular weight is 519 g/mol. The molecule has 0 amide bonds. The summed E-state index contributed by atoms with van der Waals surface area (Å²) in [6.07, 6.45) is 8.82. The van der Waals surface area contributed by atoms with E-state index < -0.39 is 0 Å². The van der Waals surface area contributed by atoms with Crippen LogP contribution in [-0.4, -0.2) is 9.55 Å². The lowest BCUT2D eigenvalue weighted by Crippen LogP contribution is -2.26. The highest BCUT2D eigenvalue weighted by atomic mass is 15.0. The molecule has 1 saturated carbocycles. The van der Waals surface area contributed by atoms with Crippen LogP contribution in [0.3, 0.4) is 0 Å². The zero-order valence-electron chi connectivity index (χ0n) is 23.3. The number of hydrogen-bond donors (Lipinski definition) is 0. The second kappa shape index (κ2) is 8.93. The number of pyridine rings is 1. The minimum absolute atomic E-state index is 0.108. The second-order valence-corrected chi connectivity index (χ2v) is 12.3. The van der Waals surface area contributed by atoms with Gasteiger partial charge in [-0.05, 0) is 76.9 Å². The molecule has 196 valence electrons. The second-order valence-electron chi connectivity index (χ2n) is 12.3. The Balaban J connectivity index is 1.22. The van der Waals surface area contributed by atoms with Crippen LogP contribution >= 0.6 is 0 Å². The van der Waals surface area contributed by atoms with Crippen molar-refractivity contribution in [3.63, 3.8) is 0 Å². The van der Waals surface area contributed by atoms with Gasteiger partial charge in [-0.1, -0.05) is 99.8 Å². The minimum Gasteiger partial charge on any atom is -0.309 e. The van der Waals surface area contributed by atoms with Crippen LogP contribution in [0.5, 0.6) is 0 Å². The Labute approximate surface area is 236 Å². The highest BCUT2D eigenvalue weighted by molar-refractivity contribution is 6.11. The standard InChI is InChI=1S/C38H34N2/c1-38(2)32-16-9-15-31-30-14-6-7-17-35(30)40(37(31)32)36-21-19-27(23-33(36)38)26-12-8-13-28(22-26)34-20-18-29(24-39-34)25-10-4-3-5-11-25/h6-9,12-25H,3-5,10-11H2,1-2H3. The molecule has 0 atom stereocenters. The SMILES string of the molecule is CC1(C)c2cc(-c3cccc(-c4ccc(C5CCCCC5)cn4)c3)ccc2-n2c3ccccc3c3cccc1c32. The van der Waals surface area contributed by atoms with E-state index in [1.807, 2.05) is 0 Å². The van der Waals surface area contributed by atoms with Crippen molar-refractivity contribution >= 4 is 21.8 Å². The molecule has 3 heterocycles. The fraction of sp³-hybridized carbons (Fsp3) is 0.237. The third-order valence-corrected chi connectivity index (χ3v) is 9.63. The molecule has 1 fully saturated rings. The Hall–Kier alpha value is -4.17. The molecule has 1 aliphatic heterocycles. The third kappa shape index (κ3) is 3.52. The molecular weight excluding hydrogens is 484 g/mol. The van der Waals surface area contributed by atoms with E-state index in [1.165, 1.54) is 93.0 Å². The summed E-state index contributed by atoms with van der Waals surface area (Å²) in [6.45, 7) is 4.75. The lowest BCUT2D eigenvalue weighted by atomic mass is 9.74. The normalized spacial score (nSPS) is 16.4. The summed E-state index contributed by atoms with van der Waals surface area (Å²) in [6, 6.07) is 36.1. The van der Waals surface area contributed by atoms with Crippen molar-refractivity contribution in [3.8, 4) is 28.1 Å². The number of rotatable bonds is 3. The maximum absolute atomic E-state index is 4.92. The topological polar surface area (TPSA) is 17.8 Å². The molecule has 4 aromatic carbocycles. The van der Waals surface area contributed by atoms with Crippen molar-refractivity contribution in [3.05, 3.63) is 120 Å². The molecule has 0 radical (unpaired) electrons. The summed E-state index contributed by atoms with van der Waals surface area (Å²) in [5.74, 6) is 0.685. The number of nitrogens with zero attached hydrogens (tertiary/aromatic N) is 2. The van der Waals surface area contributed by atoms with Crippen molar-refractivity contribution in [1.29, 1.82) is 0 Å². The molecule has 0 N–H and O–H groups in total. The summed E-state index contributed by atoms with van der Waals surface area (Å²) in [5.41, 5.74) is 12.7. The molecule has 0 spiro atoms. The molecule has 1 aliphatic carbocycles. The van der Waals surface area contributed by atoms with Crippen molar-refractivity contribution in [1.82, 2.24) is 9.55 Å².